The van der Waals surface area contributed by atoms with E-state index >= 15 is 0 Å². The first-order valence-electron chi connectivity index (χ1n) is 13.1. The molecule has 0 fully saturated rings. The SMILES string of the molecule is Cc1oc2cc(-c3cc4c(-c5cc(C(C)(C)C)c6ccccc6c5)nccc4o3)ccc2c1CC(C)C. The molecule has 0 radical (unpaired) electrons. The molecule has 0 N–H and O–H groups in total. The number of fused-ring (bicyclic) bond motifs is 3. The van der Waals surface area contributed by atoms with E-state index in [4.69, 9.17) is 13.8 Å². The van der Waals surface area contributed by atoms with Crippen molar-refractivity contribution in [2.45, 2.75) is 53.4 Å². The van der Waals surface area contributed by atoms with Crippen LogP contribution in [0.2, 0.25) is 0 Å². The van der Waals surface area contributed by atoms with Crippen LogP contribution in [0.4, 0.5) is 0 Å². The summed E-state index contributed by atoms with van der Waals surface area (Å²) in [5, 5.41) is 4.73. The first kappa shape index (κ1) is 23.5. The van der Waals surface area contributed by atoms with Gasteiger partial charge in [0.15, 0.2) is 0 Å². The van der Waals surface area contributed by atoms with E-state index in [0.29, 0.717) is 5.92 Å². The van der Waals surface area contributed by atoms with Crippen LogP contribution in [0.15, 0.2) is 81.8 Å². The van der Waals surface area contributed by atoms with Crippen molar-refractivity contribution in [3.05, 3.63) is 89.8 Å². The van der Waals surface area contributed by atoms with Crippen molar-refractivity contribution in [3.8, 4) is 22.6 Å². The molecule has 3 heterocycles. The van der Waals surface area contributed by atoms with Crippen LogP contribution in [0.5, 0.6) is 0 Å². The standard InChI is InChI=1S/C34H33NO2/c1-20(2)15-27-21(3)36-32-18-23(11-12-26(27)32)31-19-28-30(37-31)13-14-35-33(28)24-16-22-9-7-8-10-25(22)29(17-24)34(4,5)6/h7-14,16-20H,15H2,1-6H3. The minimum atomic E-state index is 0.00999. The third-order valence-corrected chi connectivity index (χ3v) is 7.28. The Bertz CT molecular complexity index is 1780. The highest BCUT2D eigenvalue weighted by molar-refractivity contribution is 5.98. The highest BCUT2D eigenvalue weighted by atomic mass is 16.3. The normalized spacial score (nSPS) is 12.4. The molecule has 3 aromatic carbocycles. The van der Waals surface area contributed by atoms with Gasteiger partial charge in [0.2, 0.25) is 0 Å². The molecular formula is C34H33NO2. The number of hydrogen-bond acceptors (Lipinski definition) is 3. The van der Waals surface area contributed by atoms with E-state index in [1.54, 1.807) is 0 Å². The fraction of sp³-hybridized carbons (Fsp3) is 0.265. The molecular weight excluding hydrogens is 454 g/mol. The van der Waals surface area contributed by atoms with E-state index in [1.807, 2.05) is 12.3 Å². The van der Waals surface area contributed by atoms with Crippen molar-refractivity contribution in [2.75, 3.05) is 0 Å². The van der Waals surface area contributed by atoms with Crippen LogP contribution < -0.4 is 0 Å². The smallest absolute Gasteiger partial charge is 0.138 e. The maximum atomic E-state index is 6.37. The Hall–Kier alpha value is -3.85. The summed E-state index contributed by atoms with van der Waals surface area (Å²) in [6.45, 7) is 13.3. The van der Waals surface area contributed by atoms with Gasteiger partial charge in [-0.15, -0.1) is 0 Å². The van der Waals surface area contributed by atoms with E-state index < -0.39 is 0 Å². The summed E-state index contributed by atoms with van der Waals surface area (Å²) in [6.07, 6.45) is 2.86. The van der Waals surface area contributed by atoms with Crippen LogP contribution in [0.3, 0.4) is 0 Å². The van der Waals surface area contributed by atoms with Crippen molar-refractivity contribution in [1.82, 2.24) is 4.98 Å². The lowest BCUT2D eigenvalue weighted by Crippen LogP contribution is -2.12. The van der Waals surface area contributed by atoms with Crippen LogP contribution in [-0.4, -0.2) is 4.98 Å². The monoisotopic (exact) mass is 487 g/mol. The zero-order valence-electron chi connectivity index (χ0n) is 22.5. The molecule has 0 spiro atoms. The lowest BCUT2D eigenvalue weighted by atomic mass is 9.82. The third kappa shape index (κ3) is 4.13. The van der Waals surface area contributed by atoms with E-state index in [9.17, 15) is 0 Å². The summed E-state index contributed by atoms with van der Waals surface area (Å²) in [6, 6.07) is 23.6. The fourth-order valence-electron chi connectivity index (χ4n) is 5.49. The van der Waals surface area contributed by atoms with Gasteiger partial charge in [-0.3, -0.25) is 4.98 Å². The molecule has 6 aromatic rings. The van der Waals surface area contributed by atoms with E-state index in [-0.39, 0.29) is 5.41 Å². The Morgan fingerprint density at radius 3 is 2.38 bits per heavy atom. The zero-order chi connectivity index (χ0) is 25.9. The molecule has 0 aliphatic carbocycles. The Labute approximate surface area is 218 Å². The summed E-state index contributed by atoms with van der Waals surface area (Å²) >= 11 is 0. The minimum Gasteiger partial charge on any atom is -0.461 e. The molecule has 0 saturated heterocycles. The summed E-state index contributed by atoms with van der Waals surface area (Å²) in [7, 11) is 0. The predicted molar refractivity (Wildman–Crippen MR) is 154 cm³/mol. The molecule has 3 heteroatoms. The maximum absolute atomic E-state index is 6.37. The number of furan rings is 2. The quantitative estimate of drug-likeness (QED) is 0.248. The highest BCUT2D eigenvalue weighted by Crippen LogP contribution is 2.39. The number of hydrogen-bond donors (Lipinski definition) is 0. The number of aryl methyl sites for hydroxylation is 1. The van der Waals surface area contributed by atoms with Gasteiger partial charge in [0, 0.05) is 33.7 Å². The van der Waals surface area contributed by atoms with E-state index in [1.165, 1.54) is 27.3 Å². The molecule has 0 bridgehead atoms. The number of benzene rings is 3. The first-order valence-corrected chi connectivity index (χ1v) is 13.1. The fourth-order valence-corrected chi connectivity index (χ4v) is 5.49. The van der Waals surface area contributed by atoms with Crippen LogP contribution in [0, 0.1) is 12.8 Å². The lowest BCUT2D eigenvalue weighted by molar-refractivity contribution is 0.559. The molecule has 0 unspecified atom stereocenters. The summed E-state index contributed by atoms with van der Waals surface area (Å²) < 4.78 is 12.5. The first-order chi connectivity index (χ1) is 17.7. The molecule has 0 amide bonds. The second-order valence-electron chi connectivity index (χ2n) is 11.6. The van der Waals surface area contributed by atoms with Gasteiger partial charge in [-0.05, 0) is 71.3 Å². The Morgan fingerprint density at radius 1 is 0.784 bits per heavy atom. The molecule has 6 rings (SSSR count). The van der Waals surface area contributed by atoms with Gasteiger partial charge in [0.25, 0.3) is 0 Å². The largest absolute Gasteiger partial charge is 0.461 e. The third-order valence-electron chi connectivity index (χ3n) is 7.28. The van der Waals surface area contributed by atoms with Crippen molar-refractivity contribution in [2.24, 2.45) is 5.92 Å². The average Bonchev–Trinajstić information content (AvgIpc) is 3.43. The Morgan fingerprint density at radius 2 is 1.59 bits per heavy atom. The zero-order valence-corrected chi connectivity index (χ0v) is 22.5. The Kier molecular flexibility index (Phi) is 5.49. The van der Waals surface area contributed by atoms with E-state index in [0.717, 1.165) is 51.3 Å². The number of nitrogens with zero attached hydrogens (tertiary/aromatic N) is 1. The molecule has 3 nitrogen and oxygen atoms in total. The summed E-state index contributed by atoms with van der Waals surface area (Å²) in [5.74, 6) is 2.40. The maximum Gasteiger partial charge on any atom is 0.138 e. The van der Waals surface area contributed by atoms with Crippen LogP contribution in [0.25, 0.3) is 55.3 Å². The average molecular weight is 488 g/mol. The molecule has 0 saturated carbocycles. The van der Waals surface area contributed by atoms with Crippen molar-refractivity contribution in [3.63, 3.8) is 0 Å². The van der Waals surface area contributed by atoms with Crippen LogP contribution in [-0.2, 0) is 11.8 Å². The van der Waals surface area contributed by atoms with Crippen molar-refractivity contribution in [1.29, 1.82) is 0 Å². The van der Waals surface area contributed by atoms with Gasteiger partial charge in [0.1, 0.15) is 22.7 Å². The van der Waals surface area contributed by atoms with E-state index in [2.05, 4.69) is 102 Å². The Balaban J connectivity index is 1.49. The number of rotatable bonds is 4. The molecule has 3 aromatic heterocycles. The topological polar surface area (TPSA) is 39.2 Å². The van der Waals surface area contributed by atoms with Crippen LogP contribution >= 0.6 is 0 Å². The summed E-state index contributed by atoms with van der Waals surface area (Å²) in [5.41, 5.74) is 7.44. The second-order valence-corrected chi connectivity index (χ2v) is 11.6. The second kappa shape index (κ2) is 8.62. The van der Waals surface area contributed by atoms with Gasteiger partial charge < -0.3 is 8.83 Å². The van der Waals surface area contributed by atoms with Crippen molar-refractivity contribution < 1.29 is 8.83 Å². The van der Waals surface area contributed by atoms with Crippen LogP contribution in [0.1, 0.15) is 51.5 Å². The van der Waals surface area contributed by atoms with Gasteiger partial charge in [0.05, 0.1) is 5.69 Å². The molecule has 186 valence electrons. The highest BCUT2D eigenvalue weighted by Gasteiger charge is 2.20. The van der Waals surface area contributed by atoms with Crippen molar-refractivity contribution >= 4 is 32.7 Å². The molecule has 0 aliphatic rings. The predicted octanol–water partition coefficient (Wildman–Crippen LogP) is 9.87. The number of pyridine rings is 1. The van der Waals surface area contributed by atoms with Gasteiger partial charge in [-0.2, -0.15) is 0 Å². The molecule has 0 aliphatic heterocycles. The lowest BCUT2D eigenvalue weighted by Gasteiger charge is -2.22. The molecule has 37 heavy (non-hydrogen) atoms. The summed E-state index contributed by atoms with van der Waals surface area (Å²) in [4.78, 5) is 4.83. The van der Waals surface area contributed by atoms with Gasteiger partial charge >= 0.3 is 0 Å². The van der Waals surface area contributed by atoms with Gasteiger partial charge in [-0.25, -0.2) is 0 Å². The van der Waals surface area contributed by atoms with Gasteiger partial charge in [-0.1, -0.05) is 71.0 Å². The number of aromatic nitrogens is 1. The molecule has 0 atom stereocenters. The minimum absolute atomic E-state index is 0.00999.